The lowest BCUT2D eigenvalue weighted by Gasteiger charge is -2.33. The molecule has 1 fully saturated rings. The molecular weight excluding hydrogens is 294 g/mol. The van der Waals surface area contributed by atoms with E-state index in [0.717, 1.165) is 25.9 Å². The molecule has 1 aliphatic rings. The SMILES string of the molecule is CC(C)C(=O)N1CCCC(Cc2nc(-c3cnccn3)no2)C1. The fraction of sp³-hybridized carbons (Fsp3) is 0.562. The average molecular weight is 315 g/mol. The molecule has 3 heterocycles. The number of carbonyl (C=O) groups is 1. The quantitative estimate of drug-likeness (QED) is 0.857. The first-order chi connectivity index (χ1) is 11.1. The molecule has 1 atom stereocenters. The highest BCUT2D eigenvalue weighted by Gasteiger charge is 2.26. The standard InChI is InChI=1S/C16H21N5O2/c1-11(2)16(22)21-7-3-4-12(10-21)8-14-19-15(20-23-14)13-9-17-5-6-18-13/h5-6,9,11-12H,3-4,7-8,10H2,1-2H3. The summed E-state index contributed by atoms with van der Waals surface area (Å²) in [5.41, 5.74) is 0.600. The fourth-order valence-electron chi connectivity index (χ4n) is 2.90. The Bertz CT molecular complexity index is 656. The summed E-state index contributed by atoms with van der Waals surface area (Å²) in [6.07, 6.45) is 7.60. The largest absolute Gasteiger partial charge is 0.342 e. The van der Waals surface area contributed by atoms with Gasteiger partial charge in [-0.25, -0.2) is 4.98 Å². The summed E-state index contributed by atoms with van der Waals surface area (Å²) in [5.74, 6) is 1.68. The van der Waals surface area contributed by atoms with Crippen LogP contribution >= 0.6 is 0 Å². The number of likely N-dealkylation sites (tertiary alicyclic amines) is 1. The number of rotatable bonds is 4. The summed E-state index contributed by atoms with van der Waals surface area (Å²) in [4.78, 5) is 26.7. The molecule has 1 unspecified atom stereocenters. The van der Waals surface area contributed by atoms with Crippen LogP contribution < -0.4 is 0 Å². The summed E-state index contributed by atoms with van der Waals surface area (Å²) < 4.78 is 5.33. The minimum Gasteiger partial charge on any atom is -0.342 e. The first-order valence-electron chi connectivity index (χ1n) is 8.01. The van der Waals surface area contributed by atoms with Gasteiger partial charge >= 0.3 is 0 Å². The lowest BCUT2D eigenvalue weighted by molar-refractivity contribution is -0.136. The highest BCUT2D eigenvalue weighted by molar-refractivity contribution is 5.78. The van der Waals surface area contributed by atoms with Crippen molar-refractivity contribution in [3.05, 3.63) is 24.5 Å². The zero-order valence-corrected chi connectivity index (χ0v) is 13.5. The molecule has 1 amide bonds. The molecule has 0 aliphatic carbocycles. The van der Waals surface area contributed by atoms with E-state index >= 15 is 0 Å². The van der Waals surface area contributed by atoms with E-state index in [1.807, 2.05) is 18.7 Å². The predicted molar refractivity (Wildman–Crippen MR) is 83.2 cm³/mol. The minimum absolute atomic E-state index is 0.0420. The van der Waals surface area contributed by atoms with Crippen LogP contribution in [0.2, 0.25) is 0 Å². The van der Waals surface area contributed by atoms with Gasteiger partial charge in [0.05, 0.1) is 6.20 Å². The number of hydrogen-bond acceptors (Lipinski definition) is 6. The molecule has 122 valence electrons. The molecule has 1 saturated heterocycles. The Kier molecular flexibility index (Phi) is 4.64. The Balaban J connectivity index is 1.63. The van der Waals surface area contributed by atoms with Crippen molar-refractivity contribution in [3.63, 3.8) is 0 Å². The third-order valence-corrected chi connectivity index (χ3v) is 4.05. The lowest BCUT2D eigenvalue weighted by atomic mass is 9.94. The summed E-state index contributed by atoms with van der Waals surface area (Å²) in [7, 11) is 0. The number of piperidine rings is 1. The Morgan fingerprint density at radius 2 is 2.30 bits per heavy atom. The Morgan fingerprint density at radius 3 is 3.04 bits per heavy atom. The molecule has 0 radical (unpaired) electrons. The lowest BCUT2D eigenvalue weighted by Crippen LogP contribution is -2.42. The molecule has 7 heteroatoms. The van der Waals surface area contributed by atoms with Crippen molar-refractivity contribution in [1.82, 2.24) is 25.0 Å². The molecule has 0 aromatic carbocycles. The number of hydrogen-bond donors (Lipinski definition) is 0. The maximum atomic E-state index is 12.1. The van der Waals surface area contributed by atoms with Crippen LogP contribution in [0.1, 0.15) is 32.6 Å². The van der Waals surface area contributed by atoms with Crippen molar-refractivity contribution >= 4 is 5.91 Å². The van der Waals surface area contributed by atoms with E-state index in [1.54, 1.807) is 18.6 Å². The topological polar surface area (TPSA) is 85.0 Å². The van der Waals surface area contributed by atoms with Crippen molar-refractivity contribution in [2.45, 2.75) is 33.1 Å². The highest BCUT2D eigenvalue weighted by atomic mass is 16.5. The maximum Gasteiger partial charge on any atom is 0.227 e. The van der Waals surface area contributed by atoms with Gasteiger partial charge in [0.2, 0.25) is 17.6 Å². The molecule has 2 aromatic rings. The molecule has 1 aliphatic heterocycles. The van der Waals surface area contributed by atoms with Gasteiger partial charge in [-0.05, 0) is 18.8 Å². The smallest absolute Gasteiger partial charge is 0.227 e. The average Bonchev–Trinajstić information content (AvgIpc) is 3.03. The van der Waals surface area contributed by atoms with Crippen LogP contribution in [0.3, 0.4) is 0 Å². The second kappa shape index (κ2) is 6.85. The summed E-state index contributed by atoms with van der Waals surface area (Å²) in [6, 6.07) is 0. The van der Waals surface area contributed by atoms with Crippen molar-refractivity contribution < 1.29 is 9.32 Å². The molecule has 0 saturated carbocycles. The Morgan fingerprint density at radius 1 is 1.43 bits per heavy atom. The second-order valence-corrected chi connectivity index (χ2v) is 6.25. The van der Waals surface area contributed by atoms with Gasteiger partial charge in [-0.3, -0.25) is 9.78 Å². The van der Waals surface area contributed by atoms with Gasteiger partial charge in [-0.2, -0.15) is 4.98 Å². The zero-order valence-electron chi connectivity index (χ0n) is 13.5. The van der Waals surface area contributed by atoms with Gasteiger partial charge in [0.15, 0.2) is 0 Å². The van der Waals surface area contributed by atoms with Crippen LogP contribution in [0.5, 0.6) is 0 Å². The normalized spacial score (nSPS) is 18.4. The maximum absolute atomic E-state index is 12.1. The van der Waals surface area contributed by atoms with E-state index in [4.69, 9.17) is 4.52 Å². The summed E-state index contributed by atoms with van der Waals surface area (Å²) in [6.45, 7) is 5.50. The van der Waals surface area contributed by atoms with Crippen LogP contribution in [0.4, 0.5) is 0 Å². The number of nitrogens with zero attached hydrogens (tertiary/aromatic N) is 5. The summed E-state index contributed by atoms with van der Waals surface area (Å²) in [5, 5.41) is 3.97. The first-order valence-corrected chi connectivity index (χ1v) is 8.01. The molecule has 0 N–H and O–H groups in total. The van der Waals surface area contributed by atoms with Gasteiger partial charge in [-0.1, -0.05) is 19.0 Å². The van der Waals surface area contributed by atoms with Crippen LogP contribution in [0, 0.1) is 11.8 Å². The highest BCUT2D eigenvalue weighted by Crippen LogP contribution is 2.22. The van der Waals surface area contributed by atoms with Gasteiger partial charge < -0.3 is 9.42 Å². The van der Waals surface area contributed by atoms with Crippen molar-refractivity contribution in [1.29, 1.82) is 0 Å². The summed E-state index contributed by atoms with van der Waals surface area (Å²) >= 11 is 0. The minimum atomic E-state index is 0.0420. The second-order valence-electron chi connectivity index (χ2n) is 6.25. The Hall–Kier alpha value is -2.31. The van der Waals surface area contributed by atoms with E-state index in [1.165, 1.54) is 0 Å². The van der Waals surface area contributed by atoms with Crippen LogP contribution in [0.15, 0.2) is 23.1 Å². The van der Waals surface area contributed by atoms with Gasteiger partial charge in [0.25, 0.3) is 0 Å². The van der Waals surface area contributed by atoms with E-state index in [0.29, 0.717) is 29.7 Å². The molecule has 0 spiro atoms. The van der Waals surface area contributed by atoms with Gasteiger partial charge in [-0.15, -0.1) is 0 Å². The van der Waals surface area contributed by atoms with E-state index < -0.39 is 0 Å². The van der Waals surface area contributed by atoms with Crippen molar-refractivity contribution in [3.8, 4) is 11.5 Å². The van der Waals surface area contributed by atoms with Crippen molar-refractivity contribution in [2.24, 2.45) is 11.8 Å². The monoisotopic (exact) mass is 315 g/mol. The van der Waals surface area contributed by atoms with Crippen LogP contribution in [0.25, 0.3) is 11.5 Å². The first kappa shape index (κ1) is 15.6. The molecular formula is C16H21N5O2. The number of carbonyl (C=O) groups excluding carboxylic acids is 1. The molecule has 23 heavy (non-hydrogen) atoms. The van der Waals surface area contributed by atoms with E-state index in [9.17, 15) is 4.79 Å². The Labute approximate surface area is 135 Å². The predicted octanol–water partition coefficient (Wildman–Crippen LogP) is 1.96. The van der Waals surface area contributed by atoms with Crippen LogP contribution in [-0.2, 0) is 11.2 Å². The van der Waals surface area contributed by atoms with Crippen molar-refractivity contribution in [2.75, 3.05) is 13.1 Å². The molecule has 3 rings (SSSR count). The van der Waals surface area contributed by atoms with Gasteiger partial charge in [0.1, 0.15) is 5.69 Å². The third-order valence-electron chi connectivity index (χ3n) is 4.05. The fourth-order valence-corrected chi connectivity index (χ4v) is 2.90. The van der Waals surface area contributed by atoms with Gasteiger partial charge in [0, 0.05) is 37.8 Å². The molecule has 2 aromatic heterocycles. The zero-order chi connectivity index (χ0) is 16.2. The number of amides is 1. The third kappa shape index (κ3) is 3.72. The van der Waals surface area contributed by atoms with Crippen LogP contribution in [-0.4, -0.2) is 44.0 Å². The number of aromatic nitrogens is 4. The van der Waals surface area contributed by atoms with E-state index in [2.05, 4.69) is 20.1 Å². The van der Waals surface area contributed by atoms with E-state index in [-0.39, 0.29) is 11.8 Å². The molecule has 0 bridgehead atoms. The molecule has 7 nitrogen and oxygen atoms in total.